The first-order chi connectivity index (χ1) is 16.0. The standard InChI is InChI=1S/C25H30N2O6/c1-16(18-5-7-21-23(13-18)33-11-10-32-21)26-25(29)19-14-24(28)27(15-19)9-8-17-4-6-20(30-2)22(12-17)31-3/h4-7,12-13,16,19H,8-11,14-15H2,1-3H3,(H,26,29)/t16-,19-/m1/s1. The van der Waals surface area contributed by atoms with E-state index in [1.54, 1.807) is 19.1 Å². The van der Waals surface area contributed by atoms with Crippen LogP contribution in [-0.4, -0.2) is 57.2 Å². The SMILES string of the molecule is COc1ccc(CCN2C[C@H](C(=O)N[C@H](C)c3ccc4c(c3)OCCO4)CC2=O)cc1OC. The summed E-state index contributed by atoms with van der Waals surface area (Å²) in [5.74, 6) is 2.27. The normalized spacial score (nSPS) is 18.1. The van der Waals surface area contributed by atoms with Gasteiger partial charge in [0.15, 0.2) is 23.0 Å². The van der Waals surface area contributed by atoms with Crippen molar-refractivity contribution in [1.82, 2.24) is 10.2 Å². The Bertz CT molecular complexity index is 1020. The van der Waals surface area contributed by atoms with E-state index in [2.05, 4.69) is 5.32 Å². The molecule has 1 fully saturated rings. The van der Waals surface area contributed by atoms with E-state index in [0.29, 0.717) is 50.0 Å². The van der Waals surface area contributed by atoms with Gasteiger partial charge in [-0.05, 0) is 48.7 Å². The highest BCUT2D eigenvalue weighted by atomic mass is 16.6. The molecule has 0 unspecified atom stereocenters. The monoisotopic (exact) mass is 454 g/mol. The molecule has 0 spiro atoms. The van der Waals surface area contributed by atoms with Crippen molar-refractivity contribution >= 4 is 11.8 Å². The van der Waals surface area contributed by atoms with E-state index >= 15 is 0 Å². The third-order valence-electron chi connectivity index (χ3n) is 6.13. The molecule has 2 amide bonds. The van der Waals surface area contributed by atoms with Crippen molar-refractivity contribution in [2.45, 2.75) is 25.8 Å². The number of carbonyl (C=O) groups is 2. The zero-order valence-electron chi connectivity index (χ0n) is 19.3. The van der Waals surface area contributed by atoms with Crippen LogP contribution in [-0.2, 0) is 16.0 Å². The number of methoxy groups -OCH3 is 2. The fourth-order valence-electron chi connectivity index (χ4n) is 4.21. The van der Waals surface area contributed by atoms with Crippen LogP contribution in [0.3, 0.4) is 0 Å². The number of benzene rings is 2. The summed E-state index contributed by atoms with van der Waals surface area (Å²) in [7, 11) is 3.20. The van der Waals surface area contributed by atoms with Gasteiger partial charge in [0.1, 0.15) is 13.2 Å². The van der Waals surface area contributed by atoms with Crippen molar-refractivity contribution in [3.8, 4) is 23.0 Å². The number of hydrogen-bond donors (Lipinski definition) is 1. The number of nitrogens with one attached hydrogen (secondary N) is 1. The molecule has 0 aliphatic carbocycles. The van der Waals surface area contributed by atoms with Crippen LogP contribution < -0.4 is 24.3 Å². The summed E-state index contributed by atoms with van der Waals surface area (Å²) in [5.41, 5.74) is 1.97. The zero-order valence-corrected chi connectivity index (χ0v) is 19.3. The van der Waals surface area contributed by atoms with E-state index in [0.717, 1.165) is 16.9 Å². The quantitative estimate of drug-likeness (QED) is 0.660. The molecule has 176 valence electrons. The highest BCUT2D eigenvalue weighted by molar-refractivity contribution is 5.89. The van der Waals surface area contributed by atoms with Crippen molar-refractivity contribution in [1.29, 1.82) is 0 Å². The minimum absolute atomic E-state index is 0.00242. The molecule has 1 saturated heterocycles. The summed E-state index contributed by atoms with van der Waals surface area (Å²) in [5, 5.41) is 3.04. The van der Waals surface area contributed by atoms with Crippen LogP contribution in [0.1, 0.15) is 30.5 Å². The van der Waals surface area contributed by atoms with Gasteiger partial charge in [0.2, 0.25) is 11.8 Å². The van der Waals surface area contributed by atoms with Crippen LogP contribution in [0.15, 0.2) is 36.4 Å². The maximum atomic E-state index is 12.9. The first-order valence-corrected chi connectivity index (χ1v) is 11.2. The van der Waals surface area contributed by atoms with Gasteiger partial charge in [0, 0.05) is 19.5 Å². The molecule has 0 saturated carbocycles. The van der Waals surface area contributed by atoms with Crippen LogP contribution >= 0.6 is 0 Å². The van der Waals surface area contributed by atoms with E-state index in [1.807, 2.05) is 43.3 Å². The second kappa shape index (κ2) is 10.0. The van der Waals surface area contributed by atoms with Crippen molar-refractivity contribution in [2.75, 3.05) is 40.5 Å². The fourth-order valence-corrected chi connectivity index (χ4v) is 4.21. The highest BCUT2D eigenvalue weighted by Crippen LogP contribution is 2.33. The summed E-state index contributed by atoms with van der Waals surface area (Å²) in [6.45, 7) is 3.95. The number of rotatable bonds is 8. The third kappa shape index (κ3) is 5.16. The number of ether oxygens (including phenoxy) is 4. The Balaban J connectivity index is 1.31. The first-order valence-electron chi connectivity index (χ1n) is 11.2. The molecule has 8 nitrogen and oxygen atoms in total. The van der Waals surface area contributed by atoms with E-state index < -0.39 is 0 Å². The largest absolute Gasteiger partial charge is 0.493 e. The number of carbonyl (C=O) groups excluding carboxylic acids is 2. The van der Waals surface area contributed by atoms with Crippen LogP contribution in [0.2, 0.25) is 0 Å². The summed E-state index contributed by atoms with van der Waals surface area (Å²) < 4.78 is 21.8. The minimum Gasteiger partial charge on any atom is -0.493 e. The summed E-state index contributed by atoms with van der Waals surface area (Å²) in [4.78, 5) is 27.1. The van der Waals surface area contributed by atoms with Crippen LogP contribution in [0.4, 0.5) is 0 Å². The van der Waals surface area contributed by atoms with E-state index in [1.165, 1.54) is 0 Å². The van der Waals surface area contributed by atoms with Crippen LogP contribution in [0.5, 0.6) is 23.0 Å². The maximum Gasteiger partial charge on any atom is 0.225 e. The molecule has 2 aliphatic rings. The molecular weight excluding hydrogens is 424 g/mol. The van der Waals surface area contributed by atoms with E-state index in [4.69, 9.17) is 18.9 Å². The van der Waals surface area contributed by atoms with Gasteiger partial charge in [0.05, 0.1) is 26.2 Å². The lowest BCUT2D eigenvalue weighted by Gasteiger charge is -2.22. The van der Waals surface area contributed by atoms with Crippen molar-refractivity contribution in [2.24, 2.45) is 5.92 Å². The van der Waals surface area contributed by atoms with Gasteiger partial charge < -0.3 is 29.2 Å². The molecule has 1 N–H and O–H groups in total. The molecule has 8 heteroatoms. The molecule has 33 heavy (non-hydrogen) atoms. The summed E-state index contributed by atoms with van der Waals surface area (Å²) in [6.07, 6.45) is 0.902. The average molecular weight is 455 g/mol. The molecule has 0 bridgehead atoms. The van der Waals surface area contributed by atoms with Gasteiger partial charge in [-0.15, -0.1) is 0 Å². The van der Waals surface area contributed by atoms with Crippen LogP contribution in [0, 0.1) is 5.92 Å². The minimum atomic E-state index is -0.359. The Morgan fingerprint density at radius 1 is 1.09 bits per heavy atom. The zero-order chi connectivity index (χ0) is 23.4. The average Bonchev–Trinajstić information content (AvgIpc) is 3.22. The summed E-state index contributed by atoms with van der Waals surface area (Å²) in [6, 6.07) is 11.2. The fraction of sp³-hybridized carbons (Fsp3) is 0.440. The lowest BCUT2D eigenvalue weighted by molar-refractivity contribution is -0.129. The van der Waals surface area contributed by atoms with Crippen LogP contribution in [0.25, 0.3) is 0 Å². The smallest absolute Gasteiger partial charge is 0.225 e. The topological polar surface area (TPSA) is 86.3 Å². The van der Waals surface area contributed by atoms with Gasteiger partial charge in [-0.25, -0.2) is 0 Å². The van der Waals surface area contributed by atoms with E-state index in [-0.39, 0.29) is 30.2 Å². The molecule has 2 aliphatic heterocycles. The second-order valence-electron chi connectivity index (χ2n) is 8.31. The number of nitrogens with zero attached hydrogens (tertiary/aromatic N) is 1. The van der Waals surface area contributed by atoms with Crippen molar-refractivity contribution in [3.63, 3.8) is 0 Å². The Morgan fingerprint density at radius 2 is 1.85 bits per heavy atom. The molecule has 2 aromatic carbocycles. The first kappa shape index (κ1) is 22.8. The molecule has 2 atom stereocenters. The lowest BCUT2D eigenvalue weighted by Crippen LogP contribution is -2.35. The number of amides is 2. The van der Waals surface area contributed by atoms with Crippen molar-refractivity contribution in [3.05, 3.63) is 47.5 Å². The maximum absolute atomic E-state index is 12.9. The van der Waals surface area contributed by atoms with Gasteiger partial charge in [-0.2, -0.15) is 0 Å². The number of hydrogen-bond acceptors (Lipinski definition) is 6. The Morgan fingerprint density at radius 3 is 2.61 bits per heavy atom. The number of likely N-dealkylation sites (tertiary alicyclic amines) is 1. The Kier molecular flexibility index (Phi) is 6.91. The molecule has 2 aromatic rings. The predicted molar refractivity (Wildman–Crippen MR) is 122 cm³/mol. The molecule has 0 aromatic heterocycles. The molecule has 4 rings (SSSR count). The summed E-state index contributed by atoms with van der Waals surface area (Å²) >= 11 is 0. The number of fused-ring (bicyclic) bond motifs is 1. The molecule has 0 radical (unpaired) electrons. The van der Waals surface area contributed by atoms with Gasteiger partial charge in [0.25, 0.3) is 0 Å². The van der Waals surface area contributed by atoms with Gasteiger partial charge in [-0.3, -0.25) is 9.59 Å². The molecule has 2 heterocycles. The Labute approximate surface area is 193 Å². The van der Waals surface area contributed by atoms with Gasteiger partial charge >= 0.3 is 0 Å². The predicted octanol–water partition coefficient (Wildman–Crippen LogP) is 2.74. The highest BCUT2D eigenvalue weighted by Gasteiger charge is 2.34. The Hall–Kier alpha value is -3.42. The third-order valence-corrected chi connectivity index (χ3v) is 6.13. The lowest BCUT2D eigenvalue weighted by atomic mass is 10.0. The second-order valence-corrected chi connectivity index (χ2v) is 8.31. The molecular formula is C25H30N2O6. The van der Waals surface area contributed by atoms with E-state index in [9.17, 15) is 9.59 Å². The van der Waals surface area contributed by atoms with Gasteiger partial charge in [-0.1, -0.05) is 12.1 Å². The van der Waals surface area contributed by atoms with Crippen molar-refractivity contribution < 1.29 is 28.5 Å².